The number of aryl methyl sites for hydroxylation is 1. The molecule has 1 heterocycles. The SMILES string of the molecule is CN.Cc1ccc(NC(=O)c2ccc3nc(NC(=O)Nc4ccc(C(C)(C)F)cc4)sc3c2)cc1. The fourth-order valence-electron chi connectivity index (χ4n) is 3.17. The standard InChI is InChI=1S/C25H23FN4O2S.CH5N/c1-15-4-9-18(10-5-15)27-22(31)16-6-13-20-21(14-16)33-24(29-20)30-23(32)28-19-11-7-17(8-12-19)25(2,3)26;1-2/h4-14H,1-3H3,(H,27,31)(H2,28,29,30,32);2H2,1H3. The van der Waals surface area contributed by atoms with Crippen LogP contribution >= 0.6 is 11.3 Å². The van der Waals surface area contributed by atoms with Crippen molar-refractivity contribution in [3.8, 4) is 0 Å². The van der Waals surface area contributed by atoms with Crippen molar-refractivity contribution in [2.24, 2.45) is 5.73 Å². The zero-order valence-corrected chi connectivity index (χ0v) is 20.8. The van der Waals surface area contributed by atoms with Gasteiger partial charge in [-0.15, -0.1) is 0 Å². The van der Waals surface area contributed by atoms with Gasteiger partial charge in [-0.2, -0.15) is 0 Å². The Balaban J connectivity index is 0.00000167. The molecule has 3 aromatic carbocycles. The number of nitrogens with two attached hydrogens (primary N) is 1. The van der Waals surface area contributed by atoms with Gasteiger partial charge in [-0.05, 0) is 75.8 Å². The number of hydrogen-bond donors (Lipinski definition) is 4. The van der Waals surface area contributed by atoms with E-state index in [1.54, 1.807) is 42.5 Å². The Hall–Kier alpha value is -3.82. The van der Waals surface area contributed by atoms with E-state index in [9.17, 15) is 14.0 Å². The zero-order valence-electron chi connectivity index (χ0n) is 20.0. The number of carbonyl (C=O) groups excluding carboxylic acids is 2. The van der Waals surface area contributed by atoms with Crippen molar-refractivity contribution >= 4 is 50.0 Å². The van der Waals surface area contributed by atoms with Crippen LogP contribution in [-0.2, 0) is 5.67 Å². The molecule has 4 aromatic rings. The number of anilines is 3. The lowest BCUT2D eigenvalue weighted by atomic mass is 10.0. The van der Waals surface area contributed by atoms with Gasteiger partial charge in [0.2, 0.25) is 0 Å². The molecule has 5 N–H and O–H groups in total. The molecule has 1 aromatic heterocycles. The van der Waals surface area contributed by atoms with Gasteiger partial charge in [0.05, 0.1) is 10.2 Å². The summed E-state index contributed by atoms with van der Waals surface area (Å²) >= 11 is 1.27. The maximum atomic E-state index is 14.0. The van der Waals surface area contributed by atoms with Gasteiger partial charge in [0.1, 0.15) is 5.67 Å². The Labute approximate surface area is 207 Å². The van der Waals surface area contributed by atoms with Crippen LogP contribution in [0.2, 0.25) is 0 Å². The number of urea groups is 1. The Morgan fingerprint density at radius 1 is 0.886 bits per heavy atom. The van der Waals surface area contributed by atoms with Crippen LogP contribution in [0.5, 0.6) is 0 Å². The molecule has 182 valence electrons. The van der Waals surface area contributed by atoms with Gasteiger partial charge in [-0.3, -0.25) is 10.1 Å². The summed E-state index contributed by atoms with van der Waals surface area (Å²) in [5.41, 5.74) is 7.13. The highest BCUT2D eigenvalue weighted by Crippen LogP contribution is 2.28. The Morgan fingerprint density at radius 2 is 1.49 bits per heavy atom. The number of benzene rings is 3. The molecule has 35 heavy (non-hydrogen) atoms. The van der Waals surface area contributed by atoms with Crippen molar-refractivity contribution in [1.82, 2.24) is 4.98 Å². The van der Waals surface area contributed by atoms with E-state index in [1.807, 2.05) is 31.2 Å². The molecular weight excluding hydrogens is 465 g/mol. The number of nitrogens with zero attached hydrogens (tertiary/aromatic N) is 1. The lowest BCUT2D eigenvalue weighted by Crippen LogP contribution is -2.19. The molecule has 0 unspecified atom stereocenters. The van der Waals surface area contributed by atoms with E-state index in [0.717, 1.165) is 16.0 Å². The highest BCUT2D eigenvalue weighted by molar-refractivity contribution is 7.22. The summed E-state index contributed by atoms with van der Waals surface area (Å²) in [5.74, 6) is -0.221. The molecule has 0 atom stereocenters. The molecule has 0 aliphatic carbocycles. The molecule has 4 rings (SSSR count). The quantitative estimate of drug-likeness (QED) is 0.262. The van der Waals surface area contributed by atoms with Gasteiger partial charge in [0.15, 0.2) is 5.13 Å². The number of aromatic nitrogens is 1. The summed E-state index contributed by atoms with van der Waals surface area (Å²) in [5, 5.41) is 8.68. The van der Waals surface area contributed by atoms with Crippen LogP contribution in [0.25, 0.3) is 10.2 Å². The van der Waals surface area contributed by atoms with Gasteiger partial charge in [0, 0.05) is 16.9 Å². The predicted molar refractivity (Wildman–Crippen MR) is 142 cm³/mol. The minimum Gasteiger partial charge on any atom is -0.333 e. The first-order valence-electron chi connectivity index (χ1n) is 10.9. The van der Waals surface area contributed by atoms with Crippen molar-refractivity contribution in [1.29, 1.82) is 0 Å². The van der Waals surface area contributed by atoms with E-state index in [1.165, 1.54) is 32.2 Å². The molecule has 3 amide bonds. The summed E-state index contributed by atoms with van der Waals surface area (Å²) in [6, 6.07) is 18.9. The summed E-state index contributed by atoms with van der Waals surface area (Å²) in [7, 11) is 1.50. The number of nitrogens with one attached hydrogen (secondary N) is 3. The van der Waals surface area contributed by atoms with Gasteiger partial charge in [-0.25, -0.2) is 14.2 Å². The molecule has 0 aliphatic heterocycles. The molecule has 9 heteroatoms. The molecule has 0 fully saturated rings. The number of rotatable bonds is 5. The lowest BCUT2D eigenvalue weighted by molar-refractivity contribution is 0.102. The third kappa shape index (κ3) is 6.84. The van der Waals surface area contributed by atoms with Crippen molar-refractivity contribution in [3.05, 3.63) is 83.4 Å². The topological polar surface area (TPSA) is 109 Å². The number of fused-ring (bicyclic) bond motifs is 1. The number of halogens is 1. The van der Waals surface area contributed by atoms with Gasteiger partial charge in [0.25, 0.3) is 5.91 Å². The highest BCUT2D eigenvalue weighted by Gasteiger charge is 2.18. The van der Waals surface area contributed by atoms with E-state index in [0.29, 0.717) is 27.5 Å². The Kier molecular flexibility index (Phi) is 8.16. The summed E-state index contributed by atoms with van der Waals surface area (Å²) in [6.45, 7) is 4.94. The Bertz CT molecular complexity index is 1310. The fraction of sp³-hybridized carbons (Fsp3) is 0.192. The first kappa shape index (κ1) is 25.8. The van der Waals surface area contributed by atoms with Gasteiger partial charge >= 0.3 is 6.03 Å². The maximum Gasteiger partial charge on any atom is 0.325 e. The minimum absolute atomic E-state index is 0.221. The smallest absolute Gasteiger partial charge is 0.325 e. The van der Waals surface area contributed by atoms with Gasteiger partial charge < -0.3 is 16.4 Å². The first-order valence-corrected chi connectivity index (χ1v) is 11.7. The van der Waals surface area contributed by atoms with Gasteiger partial charge in [-0.1, -0.05) is 41.2 Å². The second-order valence-corrected chi connectivity index (χ2v) is 9.18. The largest absolute Gasteiger partial charge is 0.333 e. The molecule has 0 saturated carbocycles. The van der Waals surface area contributed by atoms with Crippen LogP contribution in [0.3, 0.4) is 0 Å². The lowest BCUT2D eigenvalue weighted by Gasteiger charge is -2.15. The van der Waals surface area contributed by atoms with Crippen molar-refractivity contribution in [3.63, 3.8) is 0 Å². The monoisotopic (exact) mass is 493 g/mol. The third-order valence-electron chi connectivity index (χ3n) is 5.01. The summed E-state index contributed by atoms with van der Waals surface area (Å²) in [4.78, 5) is 29.3. The first-order chi connectivity index (χ1) is 16.7. The number of hydrogen-bond acceptors (Lipinski definition) is 5. The molecule has 7 nitrogen and oxygen atoms in total. The minimum atomic E-state index is -1.45. The highest BCUT2D eigenvalue weighted by atomic mass is 32.1. The van der Waals surface area contributed by atoms with E-state index in [-0.39, 0.29) is 5.91 Å². The van der Waals surface area contributed by atoms with Crippen LogP contribution in [0.1, 0.15) is 35.3 Å². The van der Waals surface area contributed by atoms with Crippen molar-refractivity contribution < 1.29 is 14.0 Å². The average molecular weight is 494 g/mol. The fourth-order valence-corrected chi connectivity index (χ4v) is 4.07. The zero-order chi connectivity index (χ0) is 25.6. The van der Waals surface area contributed by atoms with Crippen LogP contribution in [0.15, 0.2) is 66.7 Å². The van der Waals surface area contributed by atoms with E-state index >= 15 is 0 Å². The molecule has 0 aliphatic rings. The average Bonchev–Trinajstić information content (AvgIpc) is 3.23. The summed E-state index contributed by atoms with van der Waals surface area (Å²) in [6.07, 6.45) is 0. The van der Waals surface area contributed by atoms with Crippen LogP contribution in [-0.4, -0.2) is 24.0 Å². The molecule has 0 bridgehead atoms. The maximum absolute atomic E-state index is 14.0. The molecule has 0 spiro atoms. The van der Waals surface area contributed by atoms with Crippen LogP contribution in [0, 0.1) is 6.92 Å². The molecular formula is C26H28FN5O2S. The van der Waals surface area contributed by atoms with E-state index < -0.39 is 11.7 Å². The van der Waals surface area contributed by atoms with Crippen molar-refractivity contribution in [2.45, 2.75) is 26.4 Å². The number of carbonyl (C=O) groups is 2. The Morgan fingerprint density at radius 3 is 2.11 bits per heavy atom. The molecule has 0 saturated heterocycles. The third-order valence-corrected chi connectivity index (χ3v) is 5.94. The normalized spacial score (nSPS) is 10.8. The number of thiazole rings is 1. The van der Waals surface area contributed by atoms with Crippen molar-refractivity contribution in [2.75, 3.05) is 23.0 Å². The second kappa shape index (κ2) is 11.1. The predicted octanol–water partition coefficient (Wildman–Crippen LogP) is 6.28. The van der Waals surface area contributed by atoms with E-state index in [2.05, 4.69) is 26.7 Å². The van der Waals surface area contributed by atoms with Crippen LogP contribution in [0.4, 0.5) is 25.7 Å². The molecule has 0 radical (unpaired) electrons. The van der Waals surface area contributed by atoms with Crippen LogP contribution < -0.4 is 21.7 Å². The summed E-state index contributed by atoms with van der Waals surface area (Å²) < 4.78 is 14.7. The van der Waals surface area contributed by atoms with E-state index in [4.69, 9.17) is 0 Å². The second-order valence-electron chi connectivity index (χ2n) is 8.15. The number of alkyl halides is 1. The number of amides is 3.